The number of nitrogens with one attached hydrogen (secondary N) is 1. The molecule has 1 aromatic rings. The molecular weight excluding hydrogens is 426 g/mol. The van der Waals surface area contributed by atoms with Crippen molar-refractivity contribution >= 4 is 11.7 Å². The maximum absolute atomic E-state index is 13.9. The first-order valence-electron chi connectivity index (χ1n) is 12.6. The van der Waals surface area contributed by atoms with Gasteiger partial charge in [-0.15, -0.1) is 0 Å². The quantitative estimate of drug-likeness (QED) is 0.460. The summed E-state index contributed by atoms with van der Waals surface area (Å²) in [6.07, 6.45) is 8.88. The molecule has 2 aliphatic carbocycles. The molecule has 1 spiro atoms. The molecule has 1 amide bonds. The lowest BCUT2D eigenvalue weighted by Gasteiger charge is -2.48. The highest BCUT2D eigenvalue weighted by atomic mass is 16.3. The van der Waals surface area contributed by atoms with Gasteiger partial charge in [-0.1, -0.05) is 81.8 Å². The molecule has 5 heteroatoms. The van der Waals surface area contributed by atoms with Crippen molar-refractivity contribution in [1.29, 1.82) is 0 Å². The van der Waals surface area contributed by atoms with Crippen molar-refractivity contribution in [2.24, 2.45) is 29.1 Å². The van der Waals surface area contributed by atoms with E-state index in [0.29, 0.717) is 24.3 Å². The third kappa shape index (κ3) is 4.32. The molecule has 8 atom stereocenters. The van der Waals surface area contributed by atoms with Crippen LogP contribution in [0.2, 0.25) is 0 Å². The monoisotopic (exact) mass is 463 g/mol. The molecule has 5 nitrogen and oxygen atoms in total. The molecule has 0 radical (unpaired) electrons. The van der Waals surface area contributed by atoms with Crippen LogP contribution in [-0.4, -0.2) is 40.2 Å². The fourth-order valence-electron chi connectivity index (χ4n) is 6.37. The lowest BCUT2D eigenvalue weighted by Crippen LogP contribution is -2.58. The van der Waals surface area contributed by atoms with E-state index in [-0.39, 0.29) is 29.6 Å². The van der Waals surface area contributed by atoms with Crippen molar-refractivity contribution in [3.05, 3.63) is 72.4 Å². The van der Waals surface area contributed by atoms with Crippen LogP contribution < -0.4 is 5.32 Å². The zero-order valence-electron chi connectivity index (χ0n) is 20.2. The minimum atomic E-state index is -1.44. The van der Waals surface area contributed by atoms with Gasteiger partial charge in [0.1, 0.15) is 5.41 Å². The van der Waals surface area contributed by atoms with Crippen LogP contribution in [0.25, 0.3) is 0 Å². The smallest absolute Gasteiger partial charge is 0.235 e. The Hall–Kier alpha value is -2.50. The molecule has 1 aromatic carbocycles. The number of hydrogen-bond donors (Lipinski definition) is 3. The molecule has 182 valence electrons. The molecule has 1 saturated heterocycles. The van der Waals surface area contributed by atoms with Crippen molar-refractivity contribution in [3.8, 4) is 0 Å². The van der Waals surface area contributed by atoms with Gasteiger partial charge >= 0.3 is 0 Å². The Morgan fingerprint density at radius 2 is 1.82 bits per heavy atom. The molecule has 34 heavy (non-hydrogen) atoms. The molecule has 0 aromatic heterocycles. The standard InChI is InChI=1S/C29H37NO4/c1-18-9-7-13-22(31)15-16-25(32)29-23(14-8-10-18)27(33)20(3)19(2)26(29)24(30-28(29)34)17-21-11-5-4-6-12-21/h4-6,8,11-12,14-16,18-19,22-24,26-27,31,33H,3,7,9-10,13,17H2,1-2H3,(H,30,34)/b14-8+,16-15-/t18?,19-,22-,23?,24+,26?,27-,29-/m1/s1. The van der Waals surface area contributed by atoms with Gasteiger partial charge in [0.2, 0.25) is 5.91 Å². The summed E-state index contributed by atoms with van der Waals surface area (Å²) in [5.74, 6) is -1.57. The van der Waals surface area contributed by atoms with Crippen LogP contribution >= 0.6 is 0 Å². The number of hydrogen-bond acceptors (Lipinski definition) is 4. The average Bonchev–Trinajstić information content (AvgIpc) is 3.11. The molecule has 1 aliphatic heterocycles. The van der Waals surface area contributed by atoms with Crippen LogP contribution in [0.3, 0.4) is 0 Å². The van der Waals surface area contributed by atoms with Gasteiger partial charge in [-0.3, -0.25) is 9.59 Å². The SMILES string of the molecule is C=C1[C@@H](C)C2[C@H](Cc3ccccc3)NC(=O)[C@]23C(=O)/C=C\[C@H](O)CCCC(C)C/C=C/C3[C@@H]1O. The first-order chi connectivity index (χ1) is 16.3. The Labute approximate surface area is 202 Å². The molecule has 3 unspecified atom stereocenters. The second-order valence-corrected chi connectivity index (χ2v) is 10.5. The number of carbonyl (C=O) groups excluding carboxylic acids is 2. The fourth-order valence-corrected chi connectivity index (χ4v) is 6.37. The number of amides is 1. The predicted molar refractivity (Wildman–Crippen MR) is 133 cm³/mol. The van der Waals surface area contributed by atoms with Gasteiger partial charge in [-0.25, -0.2) is 0 Å². The zero-order valence-corrected chi connectivity index (χ0v) is 20.2. The summed E-state index contributed by atoms with van der Waals surface area (Å²) in [4.78, 5) is 27.7. The van der Waals surface area contributed by atoms with Crippen molar-refractivity contribution in [1.82, 2.24) is 5.32 Å². The van der Waals surface area contributed by atoms with E-state index >= 15 is 0 Å². The van der Waals surface area contributed by atoms with Crippen molar-refractivity contribution in [2.45, 2.75) is 64.2 Å². The number of carbonyl (C=O) groups is 2. The Balaban J connectivity index is 1.83. The highest BCUT2D eigenvalue weighted by Gasteiger charge is 2.68. The van der Waals surface area contributed by atoms with Crippen LogP contribution in [0.15, 0.2) is 66.8 Å². The van der Waals surface area contributed by atoms with E-state index in [9.17, 15) is 19.8 Å². The molecule has 1 heterocycles. The number of ketones is 1. The summed E-state index contributed by atoms with van der Waals surface area (Å²) >= 11 is 0. The minimum Gasteiger partial charge on any atom is -0.389 e. The third-order valence-electron chi connectivity index (χ3n) is 8.28. The lowest BCUT2D eigenvalue weighted by atomic mass is 9.52. The number of rotatable bonds is 2. The van der Waals surface area contributed by atoms with E-state index in [1.807, 2.05) is 49.4 Å². The van der Waals surface area contributed by atoms with E-state index in [1.54, 1.807) is 0 Å². The summed E-state index contributed by atoms with van der Waals surface area (Å²) < 4.78 is 0. The summed E-state index contributed by atoms with van der Waals surface area (Å²) in [6, 6.07) is 9.68. The Bertz CT molecular complexity index is 983. The van der Waals surface area contributed by atoms with Crippen LogP contribution in [0.1, 0.15) is 45.1 Å². The Morgan fingerprint density at radius 1 is 1.09 bits per heavy atom. The molecule has 3 aliphatic rings. The molecule has 1 saturated carbocycles. The summed E-state index contributed by atoms with van der Waals surface area (Å²) in [6.45, 7) is 8.32. The van der Waals surface area contributed by atoms with E-state index in [2.05, 4.69) is 18.8 Å². The maximum atomic E-state index is 13.9. The van der Waals surface area contributed by atoms with E-state index in [0.717, 1.165) is 24.8 Å². The van der Waals surface area contributed by atoms with Crippen molar-refractivity contribution in [2.75, 3.05) is 0 Å². The normalized spacial score (nSPS) is 40.7. The second-order valence-electron chi connectivity index (χ2n) is 10.5. The second kappa shape index (κ2) is 10.0. The summed E-state index contributed by atoms with van der Waals surface area (Å²) in [7, 11) is 0. The third-order valence-corrected chi connectivity index (χ3v) is 8.28. The highest BCUT2D eigenvalue weighted by Crippen LogP contribution is 2.56. The first-order valence-corrected chi connectivity index (χ1v) is 12.6. The molecule has 3 N–H and O–H groups in total. The number of benzene rings is 1. The Morgan fingerprint density at radius 3 is 2.56 bits per heavy atom. The van der Waals surface area contributed by atoms with Gasteiger partial charge < -0.3 is 15.5 Å². The summed E-state index contributed by atoms with van der Waals surface area (Å²) in [5.41, 5.74) is 0.306. The van der Waals surface area contributed by atoms with Crippen LogP contribution in [0.5, 0.6) is 0 Å². The number of allylic oxidation sites excluding steroid dienone is 2. The van der Waals surface area contributed by atoms with Gasteiger partial charge in [-0.2, -0.15) is 0 Å². The zero-order chi connectivity index (χ0) is 24.5. The van der Waals surface area contributed by atoms with Gasteiger partial charge in [0.25, 0.3) is 0 Å². The molecular formula is C29H37NO4. The first kappa shape index (κ1) is 24.6. The summed E-state index contributed by atoms with van der Waals surface area (Å²) in [5, 5.41) is 24.9. The van der Waals surface area contributed by atoms with Crippen LogP contribution in [-0.2, 0) is 16.0 Å². The Kier molecular flexibility index (Phi) is 7.25. The maximum Gasteiger partial charge on any atom is 0.235 e. The van der Waals surface area contributed by atoms with Gasteiger partial charge in [-0.05, 0) is 48.3 Å². The van der Waals surface area contributed by atoms with Gasteiger partial charge in [0.05, 0.1) is 12.2 Å². The van der Waals surface area contributed by atoms with E-state index in [4.69, 9.17) is 0 Å². The van der Waals surface area contributed by atoms with Crippen molar-refractivity contribution < 1.29 is 19.8 Å². The van der Waals surface area contributed by atoms with Gasteiger partial charge in [0, 0.05) is 17.9 Å². The molecule has 4 rings (SSSR count). The minimum absolute atomic E-state index is 0.232. The highest BCUT2D eigenvalue weighted by molar-refractivity contribution is 6.13. The van der Waals surface area contributed by atoms with Crippen molar-refractivity contribution in [3.63, 3.8) is 0 Å². The van der Waals surface area contributed by atoms with E-state index in [1.165, 1.54) is 12.2 Å². The average molecular weight is 464 g/mol. The van der Waals surface area contributed by atoms with Crippen LogP contribution in [0.4, 0.5) is 0 Å². The topological polar surface area (TPSA) is 86.6 Å². The lowest BCUT2D eigenvalue weighted by molar-refractivity contribution is -0.148. The number of aliphatic hydroxyl groups excluding tert-OH is 2. The molecule has 0 bridgehead atoms. The largest absolute Gasteiger partial charge is 0.389 e. The predicted octanol–water partition coefficient (Wildman–Crippen LogP) is 3.77. The van der Waals surface area contributed by atoms with Gasteiger partial charge in [0.15, 0.2) is 5.78 Å². The van der Waals surface area contributed by atoms with E-state index < -0.39 is 23.5 Å². The molecule has 2 fully saturated rings. The number of aliphatic hydroxyl groups is 2. The fraction of sp³-hybridized carbons (Fsp3) is 0.517. The van der Waals surface area contributed by atoms with Crippen LogP contribution in [0, 0.1) is 29.1 Å².